The van der Waals surface area contributed by atoms with Gasteiger partial charge in [0.25, 0.3) is 0 Å². The number of carbonyl (C=O) groups is 2. The van der Waals surface area contributed by atoms with Gasteiger partial charge >= 0.3 is 0 Å². The Labute approximate surface area is 134 Å². The molecule has 1 saturated heterocycles. The maximum absolute atomic E-state index is 12.2. The predicted octanol–water partition coefficient (Wildman–Crippen LogP) is 1.48. The van der Waals surface area contributed by atoms with Crippen molar-refractivity contribution in [2.45, 2.75) is 52.5 Å². The predicted molar refractivity (Wildman–Crippen MR) is 87.4 cm³/mol. The van der Waals surface area contributed by atoms with E-state index in [1.807, 2.05) is 9.80 Å². The van der Waals surface area contributed by atoms with Gasteiger partial charge in [-0.25, -0.2) is 0 Å². The van der Waals surface area contributed by atoms with E-state index in [0.717, 1.165) is 18.4 Å². The number of hydrogen-bond donors (Lipinski definition) is 1. The quantitative estimate of drug-likeness (QED) is 0.856. The minimum atomic E-state index is 0.106. The second kappa shape index (κ2) is 7.95. The lowest BCUT2D eigenvalue weighted by Gasteiger charge is -2.35. The Balaban J connectivity index is 1.65. The highest BCUT2D eigenvalue weighted by Crippen LogP contribution is 2.28. The van der Waals surface area contributed by atoms with Gasteiger partial charge in [-0.15, -0.1) is 0 Å². The van der Waals surface area contributed by atoms with Crippen molar-refractivity contribution in [3.05, 3.63) is 0 Å². The zero-order valence-electron chi connectivity index (χ0n) is 14.3. The Morgan fingerprint density at radius 2 is 1.50 bits per heavy atom. The van der Waals surface area contributed by atoms with Crippen LogP contribution in [0.3, 0.4) is 0 Å². The van der Waals surface area contributed by atoms with E-state index in [1.165, 1.54) is 19.3 Å². The molecule has 2 aliphatic rings. The summed E-state index contributed by atoms with van der Waals surface area (Å²) in [5, 5.41) is 3.57. The van der Waals surface area contributed by atoms with Gasteiger partial charge in [-0.05, 0) is 31.1 Å². The van der Waals surface area contributed by atoms with Crippen LogP contribution < -0.4 is 5.32 Å². The van der Waals surface area contributed by atoms with Crippen LogP contribution in [0.2, 0.25) is 0 Å². The van der Waals surface area contributed by atoms with Crippen molar-refractivity contribution in [2.75, 3.05) is 32.7 Å². The third-order valence-electron chi connectivity index (χ3n) is 5.03. The van der Waals surface area contributed by atoms with Crippen LogP contribution in [-0.2, 0) is 9.59 Å². The van der Waals surface area contributed by atoms with E-state index in [2.05, 4.69) is 19.2 Å². The van der Waals surface area contributed by atoms with Crippen molar-refractivity contribution in [1.82, 2.24) is 15.1 Å². The van der Waals surface area contributed by atoms with E-state index in [4.69, 9.17) is 0 Å². The van der Waals surface area contributed by atoms with Crippen LogP contribution in [0.15, 0.2) is 0 Å². The SMILES string of the molecule is CC(=O)N1CCN(C(=O)CCNC2C[C@@H](C)C[C@H](C)C2)CC1. The zero-order valence-corrected chi connectivity index (χ0v) is 14.3. The van der Waals surface area contributed by atoms with Gasteiger partial charge in [0, 0.05) is 52.1 Å². The summed E-state index contributed by atoms with van der Waals surface area (Å²) in [5.41, 5.74) is 0. The van der Waals surface area contributed by atoms with Crippen molar-refractivity contribution < 1.29 is 9.59 Å². The minimum absolute atomic E-state index is 0.106. The largest absolute Gasteiger partial charge is 0.339 e. The fourth-order valence-corrected chi connectivity index (χ4v) is 3.93. The van der Waals surface area contributed by atoms with Crippen LogP contribution >= 0.6 is 0 Å². The molecule has 22 heavy (non-hydrogen) atoms. The number of nitrogens with one attached hydrogen (secondary N) is 1. The van der Waals surface area contributed by atoms with Gasteiger partial charge in [0.1, 0.15) is 0 Å². The maximum atomic E-state index is 12.2. The van der Waals surface area contributed by atoms with Gasteiger partial charge < -0.3 is 15.1 Å². The summed E-state index contributed by atoms with van der Waals surface area (Å²) >= 11 is 0. The van der Waals surface area contributed by atoms with Crippen LogP contribution in [0, 0.1) is 11.8 Å². The lowest BCUT2D eigenvalue weighted by molar-refractivity contribution is -0.138. The second-order valence-electron chi connectivity index (χ2n) is 7.21. The second-order valence-corrected chi connectivity index (χ2v) is 7.21. The summed E-state index contributed by atoms with van der Waals surface area (Å²) in [7, 11) is 0. The van der Waals surface area contributed by atoms with Gasteiger partial charge in [0.05, 0.1) is 0 Å². The number of nitrogens with zero attached hydrogens (tertiary/aromatic N) is 2. The molecular weight excluding hydrogens is 278 g/mol. The number of rotatable bonds is 4. The average molecular weight is 309 g/mol. The number of hydrogen-bond acceptors (Lipinski definition) is 3. The summed E-state index contributed by atoms with van der Waals surface area (Å²) in [6.45, 7) is 9.71. The molecule has 2 fully saturated rings. The Morgan fingerprint density at radius 1 is 0.955 bits per heavy atom. The molecule has 1 aliphatic heterocycles. The molecule has 2 amide bonds. The maximum Gasteiger partial charge on any atom is 0.223 e. The Kier molecular flexibility index (Phi) is 6.24. The van der Waals surface area contributed by atoms with Gasteiger partial charge in [-0.3, -0.25) is 9.59 Å². The van der Waals surface area contributed by atoms with Crippen LogP contribution in [0.4, 0.5) is 0 Å². The molecule has 126 valence electrons. The fourth-order valence-electron chi connectivity index (χ4n) is 3.93. The topological polar surface area (TPSA) is 52.7 Å². The molecule has 0 unspecified atom stereocenters. The number of carbonyl (C=O) groups excluding carboxylic acids is 2. The van der Waals surface area contributed by atoms with Crippen molar-refractivity contribution in [3.63, 3.8) is 0 Å². The first kappa shape index (κ1) is 17.3. The third kappa shape index (κ3) is 4.97. The highest BCUT2D eigenvalue weighted by atomic mass is 16.2. The van der Waals surface area contributed by atoms with Crippen LogP contribution in [-0.4, -0.2) is 60.4 Å². The molecule has 1 N–H and O–H groups in total. The van der Waals surface area contributed by atoms with Gasteiger partial charge in [-0.2, -0.15) is 0 Å². The number of piperazine rings is 1. The molecule has 5 nitrogen and oxygen atoms in total. The van der Waals surface area contributed by atoms with Gasteiger partial charge in [0.2, 0.25) is 11.8 Å². The molecule has 1 heterocycles. The van der Waals surface area contributed by atoms with E-state index < -0.39 is 0 Å². The van der Waals surface area contributed by atoms with E-state index >= 15 is 0 Å². The van der Waals surface area contributed by atoms with E-state index in [-0.39, 0.29) is 11.8 Å². The molecule has 1 aliphatic carbocycles. The minimum Gasteiger partial charge on any atom is -0.339 e. The van der Waals surface area contributed by atoms with Crippen LogP contribution in [0.25, 0.3) is 0 Å². The molecule has 0 aromatic rings. The van der Waals surface area contributed by atoms with Crippen molar-refractivity contribution in [1.29, 1.82) is 0 Å². The molecule has 2 atom stereocenters. The van der Waals surface area contributed by atoms with Crippen molar-refractivity contribution in [2.24, 2.45) is 11.8 Å². The Bertz CT molecular complexity index is 381. The average Bonchev–Trinajstić information content (AvgIpc) is 2.46. The first-order valence-corrected chi connectivity index (χ1v) is 8.72. The molecule has 0 radical (unpaired) electrons. The molecule has 0 spiro atoms. The standard InChI is InChI=1S/C17H31N3O2/c1-13-10-14(2)12-16(11-13)18-5-4-17(22)20-8-6-19(7-9-20)15(3)21/h13-14,16,18H,4-12H2,1-3H3/t13-,14-/m0/s1. The zero-order chi connectivity index (χ0) is 16.1. The fraction of sp³-hybridized carbons (Fsp3) is 0.882. The molecule has 5 heteroatoms. The monoisotopic (exact) mass is 309 g/mol. The summed E-state index contributed by atoms with van der Waals surface area (Å²) in [6.07, 6.45) is 4.36. The molecular formula is C17H31N3O2. The summed E-state index contributed by atoms with van der Waals surface area (Å²) in [4.78, 5) is 27.2. The smallest absolute Gasteiger partial charge is 0.223 e. The van der Waals surface area contributed by atoms with Crippen molar-refractivity contribution in [3.8, 4) is 0 Å². The van der Waals surface area contributed by atoms with E-state index in [9.17, 15) is 9.59 Å². The highest BCUT2D eigenvalue weighted by molar-refractivity contribution is 5.77. The Hall–Kier alpha value is -1.10. The van der Waals surface area contributed by atoms with Crippen molar-refractivity contribution >= 4 is 11.8 Å². The third-order valence-corrected chi connectivity index (χ3v) is 5.03. The molecule has 2 rings (SSSR count). The lowest BCUT2D eigenvalue weighted by atomic mass is 9.80. The van der Waals surface area contributed by atoms with Crippen LogP contribution in [0.5, 0.6) is 0 Å². The van der Waals surface area contributed by atoms with Crippen LogP contribution in [0.1, 0.15) is 46.5 Å². The van der Waals surface area contributed by atoms with Gasteiger partial charge in [0.15, 0.2) is 0 Å². The normalized spacial score (nSPS) is 29.5. The molecule has 0 aromatic heterocycles. The summed E-state index contributed by atoms with van der Waals surface area (Å²) in [5.74, 6) is 1.90. The summed E-state index contributed by atoms with van der Waals surface area (Å²) in [6, 6.07) is 0.570. The first-order chi connectivity index (χ1) is 10.5. The Morgan fingerprint density at radius 3 is 2.05 bits per heavy atom. The van der Waals surface area contributed by atoms with E-state index in [1.54, 1.807) is 6.92 Å². The molecule has 1 saturated carbocycles. The number of amides is 2. The first-order valence-electron chi connectivity index (χ1n) is 8.72. The molecule has 0 aromatic carbocycles. The van der Waals surface area contributed by atoms with Gasteiger partial charge in [-0.1, -0.05) is 13.8 Å². The highest BCUT2D eigenvalue weighted by Gasteiger charge is 2.25. The van der Waals surface area contributed by atoms with E-state index in [0.29, 0.717) is 38.6 Å². The lowest BCUT2D eigenvalue weighted by Crippen LogP contribution is -2.50. The molecule has 0 bridgehead atoms. The summed E-state index contributed by atoms with van der Waals surface area (Å²) < 4.78 is 0.